The molecule has 0 unspecified atom stereocenters. The molecule has 0 rings (SSSR count). The first kappa shape index (κ1) is 10.2. The zero-order chi connectivity index (χ0) is 8.53. The van der Waals surface area contributed by atoms with Crippen LogP contribution in [0.3, 0.4) is 0 Å². The average molecular weight is 154 g/mol. The second-order valence-electron chi connectivity index (χ2n) is 2.24. The van der Waals surface area contributed by atoms with Crippen LogP contribution in [0.5, 0.6) is 0 Å². The molecule has 0 saturated carbocycles. The number of hydrogen-bond acceptors (Lipinski definition) is 2. The first-order valence-electron chi connectivity index (χ1n) is 3.71. The van der Waals surface area contributed by atoms with Crippen LogP contribution in [0.2, 0.25) is 0 Å². The van der Waals surface area contributed by atoms with Crippen LogP contribution in [0.25, 0.3) is 0 Å². The first-order chi connectivity index (χ1) is 5.31. The molecule has 0 spiro atoms. The Morgan fingerprint density at radius 1 is 1.55 bits per heavy atom. The number of methoxy groups -OCH3 is 1. The highest BCUT2D eigenvalue weighted by molar-refractivity contribution is 5.80. The number of ketones is 1. The van der Waals surface area contributed by atoms with Crippen molar-refractivity contribution in [3.8, 4) is 11.8 Å². The second-order valence-corrected chi connectivity index (χ2v) is 2.24. The topological polar surface area (TPSA) is 26.3 Å². The highest BCUT2D eigenvalue weighted by Crippen LogP contribution is 1.94. The van der Waals surface area contributed by atoms with Crippen LogP contribution in [-0.4, -0.2) is 19.5 Å². The van der Waals surface area contributed by atoms with Crippen molar-refractivity contribution >= 4 is 5.78 Å². The van der Waals surface area contributed by atoms with Gasteiger partial charge in [0.15, 0.2) is 0 Å². The molecule has 0 fully saturated rings. The van der Waals surface area contributed by atoms with Gasteiger partial charge in [0.1, 0.15) is 5.78 Å². The van der Waals surface area contributed by atoms with Crippen LogP contribution in [-0.2, 0) is 9.53 Å². The highest BCUT2D eigenvalue weighted by Gasteiger charge is 1.97. The Morgan fingerprint density at radius 3 is 2.82 bits per heavy atom. The van der Waals surface area contributed by atoms with Crippen molar-refractivity contribution in [2.75, 3.05) is 13.7 Å². The largest absolute Gasteiger partial charge is 0.385 e. The molecule has 0 aliphatic carbocycles. The lowest BCUT2D eigenvalue weighted by molar-refractivity contribution is -0.118. The Hall–Kier alpha value is -0.810. The Labute approximate surface area is 67.9 Å². The van der Waals surface area contributed by atoms with E-state index < -0.39 is 0 Å². The Morgan fingerprint density at radius 2 is 2.27 bits per heavy atom. The van der Waals surface area contributed by atoms with Gasteiger partial charge in [-0.2, -0.15) is 0 Å². The third kappa shape index (κ3) is 7.08. The van der Waals surface area contributed by atoms with E-state index in [-0.39, 0.29) is 5.78 Å². The summed E-state index contributed by atoms with van der Waals surface area (Å²) in [5.74, 6) is 5.63. The maximum Gasteiger partial charge on any atom is 0.144 e. The first-order valence-corrected chi connectivity index (χ1v) is 3.71. The minimum Gasteiger partial charge on any atom is -0.385 e. The van der Waals surface area contributed by atoms with Crippen molar-refractivity contribution in [2.45, 2.75) is 26.2 Å². The molecular weight excluding hydrogens is 140 g/mol. The fourth-order valence-corrected chi connectivity index (χ4v) is 0.689. The van der Waals surface area contributed by atoms with Crippen molar-refractivity contribution in [1.82, 2.24) is 0 Å². The molecule has 0 saturated heterocycles. The van der Waals surface area contributed by atoms with Gasteiger partial charge in [-0.25, -0.2) is 0 Å². The molecule has 0 N–H and O–H groups in total. The third-order valence-corrected chi connectivity index (χ3v) is 1.27. The molecule has 0 aromatic carbocycles. The lowest BCUT2D eigenvalue weighted by Gasteiger charge is -1.95. The van der Waals surface area contributed by atoms with Gasteiger partial charge in [-0.3, -0.25) is 4.79 Å². The maximum absolute atomic E-state index is 10.9. The van der Waals surface area contributed by atoms with E-state index in [2.05, 4.69) is 11.8 Å². The fourth-order valence-electron chi connectivity index (χ4n) is 0.689. The van der Waals surface area contributed by atoms with Crippen LogP contribution >= 0.6 is 0 Å². The van der Waals surface area contributed by atoms with Gasteiger partial charge in [0.25, 0.3) is 0 Å². The van der Waals surface area contributed by atoms with Crippen LogP contribution in [0, 0.1) is 11.8 Å². The summed E-state index contributed by atoms with van der Waals surface area (Å²) in [6, 6.07) is 0. The highest BCUT2D eigenvalue weighted by atomic mass is 16.5. The predicted octanol–water partition coefficient (Wildman–Crippen LogP) is 1.40. The van der Waals surface area contributed by atoms with E-state index in [1.54, 1.807) is 14.0 Å². The van der Waals surface area contributed by atoms with Crippen LogP contribution in [0.1, 0.15) is 26.2 Å². The Bertz CT molecular complexity index is 162. The molecule has 0 amide bonds. The van der Waals surface area contributed by atoms with Gasteiger partial charge < -0.3 is 4.74 Å². The van der Waals surface area contributed by atoms with Gasteiger partial charge in [-0.15, -0.1) is 5.92 Å². The summed E-state index contributed by atoms with van der Waals surface area (Å²) in [6.07, 6.45) is 1.78. The van der Waals surface area contributed by atoms with E-state index in [1.165, 1.54) is 0 Å². The van der Waals surface area contributed by atoms with E-state index in [9.17, 15) is 4.79 Å². The number of rotatable bonds is 5. The van der Waals surface area contributed by atoms with E-state index in [4.69, 9.17) is 4.74 Å². The Kier molecular flexibility index (Phi) is 6.76. The van der Waals surface area contributed by atoms with Crippen molar-refractivity contribution in [3.63, 3.8) is 0 Å². The number of Topliss-reactive ketones (excluding diaryl/α,β-unsaturated/α-hetero) is 1. The maximum atomic E-state index is 10.9. The van der Waals surface area contributed by atoms with Gasteiger partial charge in [-0.1, -0.05) is 5.92 Å². The summed E-state index contributed by atoms with van der Waals surface area (Å²) >= 11 is 0. The van der Waals surface area contributed by atoms with Crippen molar-refractivity contribution in [1.29, 1.82) is 0 Å². The molecule has 0 aliphatic rings. The van der Waals surface area contributed by atoms with Crippen molar-refractivity contribution in [3.05, 3.63) is 0 Å². The number of ether oxygens (including phenoxy) is 1. The van der Waals surface area contributed by atoms with Gasteiger partial charge in [-0.05, 0) is 13.3 Å². The molecule has 0 aromatic heterocycles. The smallest absolute Gasteiger partial charge is 0.144 e. The molecule has 62 valence electrons. The molecular formula is C9H14O2. The molecule has 2 nitrogen and oxygen atoms in total. The molecule has 0 bridgehead atoms. The molecule has 0 aromatic rings. The second kappa shape index (κ2) is 7.30. The lowest BCUT2D eigenvalue weighted by atomic mass is 10.2. The van der Waals surface area contributed by atoms with Gasteiger partial charge in [0, 0.05) is 20.1 Å². The quantitative estimate of drug-likeness (QED) is 0.442. The summed E-state index contributed by atoms with van der Waals surface area (Å²) in [4.78, 5) is 10.9. The molecule has 0 aliphatic heterocycles. The zero-order valence-electron chi connectivity index (χ0n) is 7.14. The molecule has 0 atom stereocenters. The summed E-state index contributed by atoms with van der Waals surface area (Å²) in [6.45, 7) is 2.40. The number of carbonyl (C=O) groups excluding carboxylic acids is 1. The molecule has 11 heavy (non-hydrogen) atoms. The Balaban J connectivity index is 3.27. The molecule has 2 heteroatoms. The van der Waals surface area contributed by atoms with E-state index >= 15 is 0 Å². The summed E-state index contributed by atoms with van der Waals surface area (Å²) in [5.41, 5.74) is 0. The van der Waals surface area contributed by atoms with E-state index in [0.29, 0.717) is 19.4 Å². The van der Waals surface area contributed by atoms with Gasteiger partial charge in [0.2, 0.25) is 0 Å². The van der Waals surface area contributed by atoms with Crippen molar-refractivity contribution in [2.24, 2.45) is 0 Å². The molecule has 0 radical (unpaired) electrons. The minimum absolute atomic E-state index is 0.205. The normalized spacial score (nSPS) is 8.55. The van der Waals surface area contributed by atoms with Crippen LogP contribution < -0.4 is 0 Å². The summed E-state index contributed by atoms with van der Waals surface area (Å²) < 4.78 is 4.81. The lowest BCUT2D eigenvalue weighted by Crippen LogP contribution is -1.98. The van der Waals surface area contributed by atoms with E-state index in [0.717, 1.165) is 6.42 Å². The van der Waals surface area contributed by atoms with Crippen LogP contribution in [0.4, 0.5) is 0 Å². The van der Waals surface area contributed by atoms with E-state index in [1.807, 2.05) is 0 Å². The molecule has 0 heterocycles. The van der Waals surface area contributed by atoms with Gasteiger partial charge >= 0.3 is 0 Å². The SMILES string of the molecule is CC#CCC(=O)CCCOC. The third-order valence-electron chi connectivity index (χ3n) is 1.27. The monoisotopic (exact) mass is 154 g/mol. The van der Waals surface area contributed by atoms with Crippen molar-refractivity contribution < 1.29 is 9.53 Å². The fraction of sp³-hybridized carbons (Fsp3) is 0.667. The summed E-state index contributed by atoms with van der Waals surface area (Å²) in [7, 11) is 1.64. The van der Waals surface area contributed by atoms with Crippen LogP contribution in [0.15, 0.2) is 0 Å². The average Bonchev–Trinajstić information content (AvgIpc) is 2.01. The minimum atomic E-state index is 0.205. The number of hydrogen-bond donors (Lipinski definition) is 0. The predicted molar refractivity (Wildman–Crippen MR) is 44.2 cm³/mol. The zero-order valence-corrected chi connectivity index (χ0v) is 7.14. The van der Waals surface area contributed by atoms with Gasteiger partial charge in [0.05, 0.1) is 6.42 Å². The standard InChI is InChI=1S/C9H14O2/c1-3-4-6-9(10)7-5-8-11-2/h5-8H2,1-2H3. The number of carbonyl (C=O) groups is 1. The summed E-state index contributed by atoms with van der Waals surface area (Å²) in [5, 5.41) is 0.